The summed E-state index contributed by atoms with van der Waals surface area (Å²) >= 11 is 0. The van der Waals surface area contributed by atoms with E-state index in [1.54, 1.807) is 0 Å². The molecule has 0 radical (unpaired) electrons. The number of aromatic nitrogens is 2. The second-order valence-electron chi connectivity index (χ2n) is 6.66. The first-order valence-electron chi connectivity index (χ1n) is 8.61. The van der Waals surface area contributed by atoms with Crippen LogP contribution in [-0.2, 0) is 0 Å². The Morgan fingerprint density at radius 2 is 1.73 bits per heavy atom. The highest BCUT2D eigenvalue weighted by Crippen LogP contribution is 2.38. The summed E-state index contributed by atoms with van der Waals surface area (Å²) in [6.45, 7) is 0. The van der Waals surface area contributed by atoms with E-state index in [4.69, 9.17) is 0 Å². The van der Waals surface area contributed by atoms with Crippen LogP contribution < -0.4 is 5.32 Å². The Morgan fingerprint density at radius 1 is 1.05 bits per heavy atom. The van der Waals surface area contributed by atoms with Crippen LogP contribution in [0.25, 0.3) is 0 Å². The van der Waals surface area contributed by atoms with E-state index in [1.165, 1.54) is 44.9 Å². The zero-order chi connectivity index (χ0) is 15.4. The van der Waals surface area contributed by atoms with Gasteiger partial charge in [-0.25, -0.2) is 4.79 Å². The lowest BCUT2D eigenvalue weighted by Gasteiger charge is -2.29. The molecule has 0 spiro atoms. The van der Waals surface area contributed by atoms with E-state index in [1.807, 2.05) is 24.1 Å². The number of urea groups is 1. The SMILES string of the molecule is CN(C(=O)Nc1ccc(C2CC2)nn1)C1CCCCCCC1. The van der Waals surface area contributed by atoms with Crippen molar-refractivity contribution in [2.75, 3.05) is 12.4 Å². The molecule has 2 saturated carbocycles. The first-order chi connectivity index (χ1) is 10.7. The molecule has 2 aliphatic carbocycles. The molecule has 0 aromatic carbocycles. The molecule has 1 heterocycles. The second kappa shape index (κ2) is 7.07. The maximum absolute atomic E-state index is 12.4. The van der Waals surface area contributed by atoms with E-state index in [9.17, 15) is 4.79 Å². The van der Waals surface area contributed by atoms with Gasteiger partial charge in [-0.05, 0) is 37.8 Å². The maximum atomic E-state index is 12.4. The fourth-order valence-corrected chi connectivity index (χ4v) is 3.19. The number of amides is 2. The zero-order valence-corrected chi connectivity index (χ0v) is 13.4. The summed E-state index contributed by atoms with van der Waals surface area (Å²) in [5.41, 5.74) is 1.05. The number of nitrogens with one attached hydrogen (secondary N) is 1. The van der Waals surface area contributed by atoms with E-state index in [0.29, 0.717) is 17.8 Å². The van der Waals surface area contributed by atoms with Crippen LogP contribution in [0.5, 0.6) is 0 Å². The summed E-state index contributed by atoms with van der Waals surface area (Å²) in [7, 11) is 1.90. The highest BCUT2D eigenvalue weighted by Gasteiger charge is 2.25. The van der Waals surface area contributed by atoms with Gasteiger partial charge in [-0.2, -0.15) is 5.10 Å². The highest BCUT2D eigenvalue weighted by molar-refractivity contribution is 5.88. The van der Waals surface area contributed by atoms with Crippen LogP contribution in [0.2, 0.25) is 0 Å². The molecule has 0 atom stereocenters. The molecule has 0 bridgehead atoms. The van der Waals surface area contributed by atoms with Gasteiger partial charge in [0, 0.05) is 19.0 Å². The molecule has 22 heavy (non-hydrogen) atoms. The van der Waals surface area contributed by atoms with Crippen molar-refractivity contribution in [1.29, 1.82) is 0 Å². The van der Waals surface area contributed by atoms with Crippen molar-refractivity contribution >= 4 is 11.8 Å². The second-order valence-corrected chi connectivity index (χ2v) is 6.66. The van der Waals surface area contributed by atoms with E-state index in [0.717, 1.165) is 18.5 Å². The standard InChI is InChI=1S/C17H26N4O/c1-21(14-7-5-3-2-4-6-8-14)17(22)18-16-12-11-15(19-20-16)13-9-10-13/h11-14H,2-10H2,1H3,(H,18,20,22). The van der Waals surface area contributed by atoms with Gasteiger partial charge >= 0.3 is 6.03 Å². The van der Waals surface area contributed by atoms with Gasteiger partial charge in [-0.3, -0.25) is 5.32 Å². The van der Waals surface area contributed by atoms with Crippen molar-refractivity contribution in [1.82, 2.24) is 15.1 Å². The Bertz CT molecular complexity index is 490. The first kappa shape index (κ1) is 15.3. The van der Waals surface area contributed by atoms with Crippen LogP contribution in [0.3, 0.4) is 0 Å². The minimum absolute atomic E-state index is 0.0703. The smallest absolute Gasteiger partial charge is 0.323 e. The number of hydrogen-bond acceptors (Lipinski definition) is 3. The Morgan fingerprint density at radius 3 is 2.32 bits per heavy atom. The van der Waals surface area contributed by atoms with Crippen molar-refractivity contribution in [2.24, 2.45) is 0 Å². The van der Waals surface area contributed by atoms with Gasteiger partial charge < -0.3 is 4.90 Å². The van der Waals surface area contributed by atoms with Gasteiger partial charge in [-0.15, -0.1) is 5.10 Å². The highest BCUT2D eigenvalue weighted by atomic mass is 16.2. The molecule has 5 heteroatoms. The minimum atomic E-state index is -0.0703. The normalized spacial score (nSPS) is 20.0. The van der Waals surface area contributed by atoms with Gasteiger partial charge in [-0.1, -0.05) is 32.1 Å². The van der Waals surface area contributed by atoms with Crippen molar-refractivity contribution < 1.29 is 4.79 Å². The third-order valence-corrected chi connectivity index (χ3v) is 4.86. The monoisotopic (exact) mass is 302 g/mol. The minimum Gasteiger partial charge on any atom is -0.325 e. The van der Waals surface area contributed by atoms with E-state index >= 15 is 0 Å². The lowest BCUT2D eigenvalue weighted by molar-refractivity contribution is 0.191. The Labute approximate surface area is 132 Å². The van der Waals surface area contributed by atoms with Crippen LogP contribution in [0.1, 0.15) is 69.4 Å². The summed E-state index contributed by atoms with van der Waals surface area (Å²) in [5, 5.41) is 11.2. The Kier molecular flexibility index (Phi) is 4.90. The average molecular weight is 302 g/mol. The Balaban J connectivity index is 1.55. The lowest BCUT2D eigenvalue weighted by atomic mass is 9.96. The summed E-state index contributed by atoms with van der Waals surface area (Å²) in [6, 6.07) is 4.12. The van der Waals surface area contributed by atoms with E-state index in [2.05, 4.69) is 15.5 Å². The van der Waals surface area contributed by atoms with Crippen molar-refractivity contribution in [3.63, 3.8) is 0 Å². The largest absolute Gasteiger partial charge is 0.325 e. The van der Waals surface area contributed by atoms with E-state index < -0.39 is 0 Å². The summed E-state index contributed by atoms with van der Waals surface area (Å²) in [5.74, 6) is 1.14. The molecular weight excluding hydrogens is 276 g/mol. The number of carbonyl (C=O) groups is 1. The molecule has 2 amide bonds. The number of anilines is 1. The molecule has 1 N–H and O–H groups in total. The fraction of sp³-hybridized carbons (Fsp3) is 0.706. The van der Waals surface area contributed by atoms with Gasteiger partial charge in [0.2, 0.25) is 0 Å². The quantitative estimate of drug-likeness (QED) is 0.920. The summed E-state index contributed by atoms with van der Waals surface area (Å²) < 4.78 is 0. The van der Waals surface area contributed by atoms with Crippen LogP contribution in [0.15, 0.2) is 12.1 Å². The van der Waals surface area contributed by atoms with Crippen LogP contribution in [0, 0.1) is 0 Å². The number of rotatable bonds is 3. The summed E-state index contributed by atoms with van der Waals surface area (Å²) in [6.07, 6.45) is 11.0. The summed E-state index contributed by atoms with van der Waals surface area (Å²) in [4.78, 5) is 14.2. The van der Waals surface area contributed by atoms with Gasteiger partial charge in [0.15, 0.2) is 5.82 Å². The Hall–Kier alpha value is -1.65. The molecule has 0 unspecified atom stereocenters. The predicted octanol–water partition coefficient (Wildman–Crippen LogP) is 3.93. The average Bonchev–Trinajstić information content (AvgIpc) is 3.32. The molecule has 1 aromatic rings. The molecule has 120 valence electrons. The fourth-order valence-electron chi connectivity index (χ4n) is 3.19. The number of nitrogens with zero attached hydrogens (tertiary/aromatic N) is 3. The van der Waals surface area contributed by atoms with Gasteiger partial charge in [0.1, 0.15) is 0 Å². The third kappa shape index (κ3) is 3.96. The van der Waals surface area contributed by atoms with E-state index in [-0.39, 0.29) is 6.03 Å². The molecule has 2 fully saturated rings. The first-order valence-corrected chi connectivity index (χ1v) is 8.61. The zero-order valence-electron chi connectivity index (χ0n) is 13.4. The van der Waals surface area contributed by atoms with Crippen molar-refractivity contribution in [3.05, 3.63) is 17.8 Å². The lowest BCUT2D eigenvalue weighted by Crippen LogP contribution is -2.40. The third-order valence-electron chi connectivity index (χ3n) is 4.86. The van der Waals surface area contributed by atoms with Crippen LogP contribution >= 0.6 is 0 Å². The molecular formula is C17H26N4O. The molecule has 2 aliphatic rings. The van der Waals surface area contributed by atoms with Gasteiger partial charge in [0.25, 0.3) is 0 Å². The number of hydrogen-bond donors (Lipinski definition) is 1. The topological polar surface area (TPSA) is 58.1 Å². The molecule has 5 nitrogen and oxygen atoms in total. The van der Waals surface area contributed by atoms with Crippen molar-refractivity contribution in [3.8, 4) is 0 Å². The van der Waals surface area contributed by atoms with Crippen LogP contribution in [0.4, 0.5) is 10.6 Å². The number of carbonyl (C=O) groups excluding carboxylic acids is 1. The molecule has 0 aliphatic heterocycles. The predicted molar refractivity (Wildman–Crippen MR) is 86.9 cm³/mol. The van der Waals surface area contributed by atoms with Gasteiger partial charge in [0.05, 0.1) is 5.69 Å². The molecule has 3 rings (SSSR count). The van der Waals surface area contributed by atoms with Crippen molar-refractivity contribution in [2.45, 2.75) is 69.7 Å². The van der Waals surface area contributed by atoms with Crippen LogP contribution in [-0.4, -0.2) is 34.2 Å². The maximum Gasteiger partial charge on any atom is 0.323 e. The molecule has 0 saturated heterocycles. The molecule has 1 aromatic heterocycles.